The predicted molar refractivity (Wildman–Crippen MR) is 124 cm³/mol. The normalized spacial score (nSPS) is 12.4. The maximum absolute atomic E-state index is 11.7. The van der Waals surface area contributed by atoms with Gasteiger partial charge in [0.05, 0.1) is 4.90 Å². The summed E-state index contributed by atoms with van der Waals surface area (Å²) in [5.74, 6) is 0.750. The number of nitrogens with zero attached hydrogens (tertiary/aromatic N) is 1. The highest BCUT2D eigenvalue weighted by Gasteiger charge is 2.17. The lowest BCUT2D eigenvalue weighted by Crippen LogP contribution is -2.41. The zero-order valence-electron chi connectivity index (χ0n) is 17.1. The summed E-state index contributed by atoms with van der Waals surface area (Å²) in [5, 5.41) is 6.66. The van der Waals surface area contributed by atoms with Crippen LogP contribution in [-0.4, -0.2) is 35.0 Å². The lowest BCUT2D eigenvalue weighted by atomic mass is 9.87. The van der Waals surface area contributed by atoms with Crippen molar-refractivity contribution in [2.24, 2.45) is 10.4 Å². The highest BCUT2D eigenvalue weighted by atomic mass is 127. The average molecular weight is 510 g/mol. The maximum Gasteiger partial charge on any atom is 0.240 e. The van der Waals surface area contributed by atoms with Crippen molar-refractivity contribution in [2.75, 3.05) is 20.6 Å². The van der Waals surface area contributed by atoms with Crippen LogP contribution in [0.25, 0.3) is 0 Å². The number of halogens is 1. The van der Waals surface area contributed by atoms with E-state index < -0.39 is 10.0 Å². The fourth-order valence-electron chi connectivity index (χ4n) is 2.58. The summed E-state index contributed by atoms with van der Waals surface area (Å²) in [6.45, 7) is 8.19. The Hall–Kier alpha value is -0.870. The molecule has 0 aromatic heterocycles. The summed E-state index contributed by atoms with van der Waals surface area (Å²) in [4.78, 5) is 4.53. The summed E-state index contributed by atoms with van der Waals surface area (Å²) in [5.41, 5.74) is 1.21. The van der Waals surface area contributed by atoms with E-state index in [-0.39, 0.29) is 34.3 Å². The zero-order valence-corrected chi connectivity index (χ0v) is 20.3. The second-order valence-electron chi connectivity index (χ2n) is 7.25. The van der Waals surface area contributed by atoms with E-state index in [4.69, 9.17) is 0 Å². The summed E-state index contributed by atoms with van der Waals surface area (Å²) < 4.78 is 25.8. The van der Waals surface area contributed by atoms with E-state index in [2.05, 4.69) is 41.1 Å². The van der Waals surface area contributed by atoms with Crippen molar-refractivity contribution >= 4 is 40.0 Å². The van der Waals surface area contributed by atoms with Crippen LogP contribution in [0.15, 0.2) is 34.2 Å². The monoisotopic (exact) mass is 510 g/mol. The standard InChI is InChI=1S/C19H34N4O2S.HI/c1-6-7-8-13-19(2,3)15-23-18(20-4)22-14-16-9-11-17(12-10-16)26(24,25)21-5;/h9-12,21H,6-8,13-15H2,1-5H3,(H2,20,22,23);1H. The highest BCUT2D eigenvalue weighted by molar-refractivity contribution is 14.0. The van der Waals surface area contributed by atoms with Crippen molar-refractivity contribution in [2.45, 2.75) is 57.9 Å². The molecule has 6 nitrogen and oxygen atoms in total. The third kappa shape index (κ3) is 9.75. The van der Waals surface area contributed by atoms with Crippen LogP contribution < -0.4 is 15.4 Å². The molecule has 0 spiro atoms. The van der Waals surface area contributed by atoms with Crippen molar-refractivity contribution in [1.29, 1.82) is 0 Å². The fraction of sp³-hybridized carbons (Fsp3) is 0.632. The molecule has 0 aliphatic carbocycles. The van der Waals surface area contributed by atoms with E-state index in [1.54, 1.807) is 31.3 Å². The van der Waals surface area contributed by atoms with E-state index in [0.29, 0.717) is 6.54 Å². The maximum atomic E-state index is 11.7. The minimum absolute atomic E-state index is 0. The molecule has 0 fully saturated rings. The third-order valence-corrected chi connectivity index (χ3v) is 5.81. The largest absolute Gasteiger partial charge is 0.356 e. The first kappa shape index (κ1) is 26.1. The SMILES string of the molecule is CCCCCC(C)(C)CNC(=NC)NCc1ccc(S(=O)(=O)NC)cc1.I. The Morgan fingerprint density at radius 3 is 2.26 bits per heavy atom. The van der Waals surface area contributed by atoms with Gasteiger partial charge in [0.1, 0.15) is 0 Å². The number of hydrogen-bond acceptors (Lipinski definition) is 3. The van der Waals surface area contributed by atoms with E-state index in [1.165, 1.54) is 32.7 Å². The second kappa shape index (κ2) is 12.6. The van der Waals surface area contributed by atoms with Crippen molar-refractivity contribution in [3.05, 3.63) is 29.8 Å². The number of guanidine groups is 1. The Balaban J connectivity index is 0.00000676. The molecule has 0 saturated carbocycles. The van der Waals surface area contributed by atoms with E-state index >= 15 is 0 Å². The molecule has 8 heteroatoms. The molecule has 0 aliphatic rings. The number of rotatable bonds is 10. The molecular formula is C19H35IN4O2S. The van der Waals surface area contributed by atoms with Crippen LogP contribution >= 0.6 is 24.0 Å². The zero-order chi connectivity index (χ0) is 19.6. The quantitative estimate of drug-likeness (QED) is 0.195. The molecule has 27 heavy (non-hydrogen) atoms. The Morgan fingerprint density at radius 1 is 1.11 bits per heavy atom. The molecule has 0 saturated heterocycles. The van der Waals surface area contributed by atoms with E-state index in [0.717, 1.165) is 18.1 Å². The molecule has 0 bridgehead atoms. The van der Waals surface area contributed by atoms with Crippen molar-refractivity contribution in [3.63, 3.8) is 0 Å². The molecule has 0 atom stereocenters. The van der Waals surface area contributed by atoms with Gasteiger partial charge in [-0.3, -0.25) is 4.99 Å². The van der Waals surface area contributed by atoms with Gasteiger partial charge in [-0.15, -0.1) is 24.0 Å². The smallest absolute Gasteiger partial charge is 0.240 e. The molecule has 1 aromatic carbocycles. The predicted octanol–water partition coefficient (Wildman–Crippen LogP) is 3.48. The minimum atomic E-state index is -3.39. The molecule has 0 unspecified atom stereocenters. The lowest BCUT2D eigenvalue weighted by Gasteiger charge is -2.26. The lowest BCUT2D eigenvalue weighted by molar-refractivity contribution is 0.318. The van der Waals surface area contributed by atoms with Crippen LogP contribution in [-0.2, 0) is 16.6 Å². The van der Waals surface area contributed by atoms with Gasteiger partial charge in [-0.1, -0.05) is 52.2 Å². The van der Waals surface area contributed by atoms with Gasteiger partial charge in [0, 0.05) is 20.1 Å². The highest BCUT2D eigenvalue weighted by Crippen LogP contribution is 2.22. The van der Waals surface area contributed by atoms with E-state index in [9.17, 15) is 8.42 Å². The van der Waals surface area contributed by atoms with Crippen molar-refractivity contribution in [1.82, 2.24) is 15.4 Å². The molecule has 3 N–H and O–H groups in total. The number of hydrogen-bond donors (Lipinski definition) is 3. The van der Waals surface area contributed by atoms with E-state index in [1.807, 2.05) is 0 Å². The Morgan fingerprint density at radius 2 is 1.74 bits per heavy atom. The van der Waals surface area contributed by atoms with Gasteiger partial charge in [0.25, 0.3) is 0 Å². The van der Waals surface area contributed by atoms with Gasteiger partial charge in [-0.25, -0.2) is 13.1 Å². The number of unbranched alkanes of at least 4 members (excludes halogenated alkanes) is 2. The fourth-order valence-corrected chi connectivity index (χ4v) is 3.31. The Bertz CT molecular complexity index is 673. The number of aliphatic imine (C=N–C) groups is 1. The first-order valence-corrected chi connectivity index (χ1v) is 10.7. The van der Waals surface area contributed by atoms with Gasteiger partial charge in [0.2, 0.25) is 10.0 Å². The van der Waals surface area contributed by atoms with Gasteiger partial charge in [-0.2, -0.15) is 0 Å². The minimum Gasteiger partial charge on any atom is -0.356 e. The van der Waals surface area contributed by atoms with Gasteiger partial charge in [0.15, 0.2) is 5.96 Å². The topological polar surface area (TPSA) is 82.6 Å². The van der Waals surface area contributed by atoms with Crippen LogP contribution in [0.5, 0.6) is 0 Å². The van der Waals surface area contributed by atoms with Crippen LogP contribution in [0.4, 0.5) is 0 Å². The number of sulfonamides is 1. The molecule has 1 rings (SSSR count). The van der Waals surface area contributed by atoms with Crippen LogP contribution in [0.2, 0.25) is 0 Å². The Kier molecular flexibility index (Phi) is 12.2. The average Bonchev–Trinajstić information content (AvgIpc) is 2.62. The van der Waals surface area contributed by atoms with Crippen molar-refractivity contribution in [3.8, 4) is 0 Å². The van der Waals surface area contributed by atoms with Gasteiger partial charge >= 0.3 is 0 Å². The second-order valence-corrected chi connectivity index (χ2v) is 9.14. The van der Waals surface area contributed by atoms with Crippen LogP contribution in [0.3, 0.4) is 0 Å². The van der Waals surface area contributed by atoms with Gasteiger partial charge < -0.3 is 10.6 Å². The molecule has 156 valence electrons. The summed E-state index contributed by atoms with van der Waals surface area (Å²) in [7, 11) is -0.233. The molecule has 0 radical (unpaired) electrons. The van der Waals surface area contributed by atoms with Gasteiger partial charge in [-0.05, 0) is 36.6 Å². The molecule has 0 heterocycles. The first-order valence-electron chi connectivity index (χ1n) is 9.21. The van der Waals surface area contributed by atoms with Crippen LogP contribution in [0.1, 0.15) is 52.0 Å². The molecule has 0 amide bonds. The summed E-state index contributed by atoms with van der Waals surface area (Å²) >= 11 is 0. The van der Waals surface area contributed by atoms with Crippen molar-refractivity contribution < 1.29 is 8.42 Å². The van der Waals surface area contributed by atoms with Crippen LogP contribution in [0, 0.1) is 5.41 Å². The third-order valence-electron chi connectivity index (χ3n) is 4.38. The first-order chi connectivity index (χ1) is 12.2. The number of nitrogens with one attached hydrogen (secondary N) is 3. The summed E-state index contributed by atoms with van der Waals surface area (Å²) in [6.07, 6.45) is 4.95. The Labute approximate surface area is 182 Å². The molecular weight excluding hydrogens is 475 g/mol. The molecule has 1 aromatic rings. The molecule has 0 aliphatic heterocycles. The summed E-state index contributed by atoms with van der Waals surface area (Å²) in [6, 6.07) is 6.82. The number of benzene rings is 1.